The predicted octanol–water partition coefficient (Wildman–Crippen LogP) is 6.79. The van der Waals surface area contributed by atoms with Crippen molar-refractivity contribution in [1.29, 1.82) is 0 Å². The Bertz CT molecular complexity index is 286. The molecule has 0 unspecified atom stereocenters. The zero-order valence-corrected chi connectivity index (χ0v) is 18.2. The summed E-state index contributed by atoms with van der Waals surface area (Å²) >= 11 is 0. The first kappa shape index (κ1) is 26.8. The van der Waals surface area contributed by atoms with Crippen molar-refractivity contribution in [3.8, 4) is 0 Å². The molecule has 0 aromatic carbocycles. The van der Waals surface area contributed by atoms with Crippen molar-refractivity contribution in [2.75, 3.05) is 13.9 Å². The number of rotatable bonds is 1. The highest BCUT2D eigenvalue weighted by Crippen LogP contribution is 2.36. The van der Waals surface area contributed by atoms with Gasteiger partial charge in [0.05, 0.1) is 6.10 Å². The zero-order chi connectivity index (χ0) is 19.6. The largest absolute Gasteiger partial charge is 0.381 e. The van der Waals surface area contributed by atoms with E-state index in [1.807, 2.05) is 27.7 Å². The van der Waals surface area contributed by atoms with Crippen LogP contribution in [0.25, 0.3) is 0 Å². The normalized spacial score (nSPS) is 26.6. The first-order valence-electron chi connectivity index (χ1n) is 10.3. The third kappa shape index (κ3) is 12.6. The van der Waals surface area contributed by atoms with Crippen molar-refractivity contribution in [3.63, 3.8) is 0 Å². The van der Waals surface area contributed by atoms with Crippen molar-refractivity contribution >= 4 is 0 Å². The number of allylic oxidation sites excluding steroid dienone is 2. The van der Waals surface area contributed by atoms with E-state index in [0.717, 1.165) is 25.7 Å². The highest BCUT2D eigenvalue weighted by molar-refractivity contribution is 5.02. The van der Waals surface area contributed by atoms with E-state index >= 15 is 0 Å². The molecule has 0 N–H and O–H groups in total. The lowest BCUT2D eigenvalue weighted by Gasteiger charge is -2.32. The summed E-state index contributed by atoms with van der Waals surface area (Å²) in [4.78, 5) is 9.84. The molecule has 3 rings (SSSR count). The maximum Gasteiger partial charge on any atom is 0.204 e. The SMILES string of the molecule is CC.CC.CC1=CCCC1.CCC.COC1CCC2(CC1)OCOO2. The van der Waals surface area contributed by atoms with Crippen LogP contribution in [0, 0.1) is 0 Å². The van der Waals surface area contributed by atoms with E-state index in [1.165, 1.54) is 25.7 Å². The third-order valence-corrected chi connectivity index (χ3v) is 3.88. The molecule has 25 heavy (non-hydrogen) atoms. The Hall–Kier alpha value is -0.420. The van der Waals surface area contributed by atoms with Crippen LogP contribution in [-0.2, 0) is 19.2 Å². The van der Waals surface area contributed by atoms with Gasteiger partial charge in [0.1, 0.15) is 0 Å². The lowest BCUT2D eigenvalue weighted by Crippen LogP contribution is -2.37. The summed E-state index contributed by atoms with van der Waals surface area (Å²) in [6.07, 6.45) is 11.7. The van der Waals surface area contributed by atoms with Gasteiger partial charge >= 0.3 is 0 Å². The number of hydrogen-bond acceptors (Lipinski definition) is 4. The second-order valence-corrected chi connectivity index (χ2v) is 5.96. The van der Waals surface area contributed by atoms with Crippen LogP contribution in [0.3, 0.4) is 0 Å². The molecule has 152 valence electrons. The van der Waals surface area contributed by atoms with Gasteiger partial charge in [-0.1, -0.05) is 59.6 Å². The summed E-state index contributed by atoms with van der Waals surface area (Å²) in [5.41, 5.74) is 1.58. The Balaban J connectivity index is 0. The second kappa shape index (κ2) is 18.4. The van der Waals surface area contributed by atoms with E-state index in [9.17, 15) is 0 Å². The number of ether oxygens (including phenoxy) is 2. The van der Waals surface area contributed by atoms with Crippen LogP contribution in [0.5, 0.6) is 0 Å². The van der Waals surface area contributed by atoms with Crippen molar-refractivity contribution in [3.05, 3.63) is 11.6 Å². The fourth-order valence-corrected chi connectivity index (χ4v) is 2.61. The monoisotopic (exact) mass is 360 g/mol. The highest BCUT2D eigenvalue weighted by Gasteiger charge is 2.42. The van der Waals surface area contributed by atoms with Gasteiger partial charge in [0, 0.05) is 20.0 Å². The van der Waals surface area contributed by atoms with Gasteiger partial charge < -0.3 is 9.47 Å². The average Bonchev–Trinajstić information content (AvgIpc) is 3.33. The zero-order valence-electron chi connectivity index (χ0n) is 18.2. The molecule has 0 atom stereocenters. The van der Waals surface area contributed by atoms with Crippen molar-refractivity contribution < 1.29 is 19.2 Å². The first-order valence-corrected chi connectivity index (χ1v) is 10.3. The topological polar surface area (TPSA) is 36.9 Å². The molecule has 1 aliphatic heterocycles. The van der Waals surface area contributed by atoms with Crippen molar-refractivity contribution in [2.24, 2.45) is 0 Å². The molecule has 1 saturated heterocycles. The van der Waals surface area contributed by atoms with E-state index < -0.39 is 5.79 Å². The molecule has 4 heteroatoms. The molecular weight excluding hydrogens is 316 g/mol. The molecule has 1 spiro atoms. The molecule has 2 fully saturated rings. The van der Waals surface area contributed by atoms with Gasteiger partial charge in [-0.15, -0.1) is 0 Å². The molecule has 0 bridgehead atoms. The van der Waals surface area contributed by atoms with Crippen LogP contribution in [0.4, 0.5) is 0 Å². The van der Waals surface area contributed by atoms with Crippen LogP contribution in [0.1, 0.15) is 99.8 Å². The minimum atomic E-state index is -0.449. The summed E-state index contributed by atoms with van der Waals surface area (Å²) in [6.45, 7) is 14.7. The smallest absolute Gasteiger partial charge is 0.204 e. The Morgan fingerprint density at radius 3 is 1.96 bits per heavy atom. The Morgan fingerprint density at radius 1 is 1.12 bits per heavy atom. The molecule has 0 radical (unpaired) electrons. The van der Waals surface area contributed by atoms with Crippen molar-refractivity contribution in [2.45, 2.75) is 112 Å². The first-order chi connectivity index (χ1) is 12.2. The van der Waals surface area contributed by atoms with Crippen LogP contribution in [0.15, 0.2) is 11.6 Å². The van der Waals surface area contributed by atoms with Crippen LogP contribution >= 0.6 is 0 Å². The van der Waals surface area contributed by atoms with Crippen LogP contribution in [-0.4, -0.2) is 25.8 Å². The molecule has 1 saturated carbocycles. The van der Waals surface area contributed by atoms with Gasteiger partial charge in [-0.3, -0.25) is 0 Å². The molecule has 0 aromatic rings. The molecule has 2 aliphatic carbocycles. The van der Waals surface area contributed by atoms with Gasteiger partial charge in [0.25, 0.3) is 0 Å². The third-order valence-electron chi connectivity index (χ3n) is 3.88. The number of methoxy groups -OCH3 is 1. The summed E-state index contributed by atoms with van der Waals surface area (Å²) in [7, 11) is 1.75. The molecular formula is C21H44O4. The average molecular weight is 361 g/mol. The lowest BCUT2D eigenvalue weighted by molar-refractivity contribution is -0.331. The van der Waals surface area contributed by atoms with E-state index in [2.05, 4.69) is 26.8 Å². The Labute approximate surface area is 157 Å². The quantitative estimate of drug-likeness (QED) is 0.381. The van der Waals surface area contributed by atoms with Gasteiger partial charge in [-0.05, 0) is 39.0 Å². The highest BCUT2D eigenvalue weighted by atomic mass is 17.3. The van der Waals surface area contributed by atoms with Gasteiger partial charge in [-0.2, -0.15) is 4.89 Å². The lowest BCUT2D eigenvalue weighted by atomic mass is 9.92. The van der Waals surface area contributed by atoms with E-state index in [0.29, 0.717) is 6.10 Å². The second-order valence-electron chi connectivity index (χ2n) is 5.96. The van der Waals surface area contributed by atoms with Crippen molar-refractivity contribution in [1.82, 2.24) is 0 Å². The van der Waals surface area contributed by atoms with Gasteiger partial charge in [0.2, 0.25) is 5.79 Å². The van der Waals surface area contributed by atoms with Crippen LogP contribution in [0.2, 0.25) is 0 Å². The molecule has 1 heterocycles. The maximum atomic E-state index is 5.37. The fourth-order valence-electron chi connectivity index (χ4n) is 2.61. The Kier molecular flexibility index (Phi) is 19.7. The predicted molar refractivity (Wildman–Crippen MR) is 106 cm³/mol. The van der Waals surface area contributed by atoms with E-state index in [1.54, 1.807) is 12.7 Å². The molecule has 0 amide bonds. The summed E-state index contributed by atoms with van der Waals surface area (Å²) < 4.78 is 10.6. The minimum Gasteiger partial charge on any atom is -0.381 e. The summed E-state index contributed by atoms with van der Waals surface area (Å²) in [5.74, 6) is -0.449. The summed E-state index contributed by atoms with van der Waals surface area (Å²) in [5, 5.41) is 0. The van der Waals surface area contributed by atoms with Gasteiger partial charge in [0.15, 0.2) is 6.79 Å². The minimum absolute atomic E-state index is 0.262. The Morgan fingerprint density at radius 2 is 1.68 bits per heavy atom. The van der Waals surface area contributed by atoms with Crippen LogP contribution < -0.4 is 0 Å². The van der Waals surface area contributed by atoms with Gasteiger partial charge in [-0.25, -0.2) is 4.89 Å². The maximum absolute atomic E-state index is 5.37. The molecule has 4 nitrogen and oxygen atoms in total. The fraction of sp³-hybridized carbons (Fsp3) is 0.905. The molecule has 0 aromatic heterocycles. The van der Waals surface area contributed by atoms with E-state index in [4.69, 9.17) is 19.2 Å². The summed E-state index contributed by atoms with van der Waals surface area (Å²) in [6, 6.07) is 0. The number of hydrogen-bond donors (Lipinski definition) is 0. The van der Waals surface area contributed by atoms with E-state index in [-0.39, 0.29) is 6.79 Å². The standard InChI is InChI=1S/C8H14O4.C6H10.C3H8.2C2H6/c1-9-7-2-4-8(5-3-7)10-6-11-12-8;1-6-4-2-3-5-6;1-3-2;2*1-2/h7H,2-6H2,1H3;4H,2-3,5H2,1H3;3H2,1-2H3;2*1-2H3. The molecule has 3 aliphatic rings.